The molecule has 0 heterocycles. The maximum absolute atomic E-state index is 13.0. The summed E-state index contributed by atoms with van der Waals surface area (Å²) >= 11 is 0. The zero-order chi connectivity index (χ0) is 17.5. The van der Waals surface area contributed by atoms with Crippen molar-refractivity contribution >= 4 is 5.91 Å². The van der Waals surface area contributed by atoms with Crippen LogP contribution in [-0.2, 0) is 11.3 Å². The first-order chi connectivity index (χ1) is 11.6. The molecule has 1 saturated carbocycles. The third kappa shape index (κ3) is 4.41. The van der Waals surface area contributed by atoms with E-state index in [2.05, 4.69) is 0 Å². The van der Waals surface area contributed by atoms with Crippen molar-refractivity contribution in [1.29, 1.82) is 0 Å². The fourth-order valence-electron chi connectivity index (χ4n) is 3.42. The minimum atomic E-state index is -0.0485. The average molecular weight is 334 g/mol. The van der Waals surface area contributed by atoms with E-state index in [-0.39, 0.29) is 17.9 Å². The molecule has 1 aliphatic rings. The van der Waals surface area contributed by atoms with Crippen LogP contribution in [0.5, 0.6) is 11.5 Å². The van der Waals surface area contributed by atoms with E-state index in [0.717, 1.165) is 31.2 Å². The number of nitrogens with zero attached hydrogens (tertiary/aromatic N) is 1. The molecule has 134 valence electrons. The number of hydrogen-bond acceptors (Lipinski definition) is 4. The van der Waals surface area contributed by atoms with Crippen LogP contribution in [0.3, 0.4) is 0 Å². The molecule has 1 fully saturated rings. The molecule has 0 radical (unpaired) electrons. The van der Waals surface area contributed by atoms with E-state index in [9.17, 15) is 4.79 Å². The van der Waals surface area contributed by atoms with Crippen LogP contribution in [-0.4, -0.2) is 37.6 Å². The lowest BCUT2D eigenvalue weighted by Crippen LogP contribution is -2.43. The number of hydrogen-bond donors (Lipinski definition) is 1. The lowest BCUT2D eigenvalue weighted by Gasteiger charge is -2.29. The molecule has 2 atom stereocenters. The molecule has 1 amide bonds. The van der Waals surface area contributed by atoms with Crippen LogP contribution in [0.15, 0.2) is 18.2 Å². The Hall–Kier alpha value is -1.75. The highest BCUT2D eigenvalue weighted by Gasteiger charge is 2.30. The van der Waals surface area contributed by atoms with Gasteiger partial charge in [0.15, 0.2) is 11.5 Å². The van der Waals surface area contributed by atoms with Crippen molar-refractivity contribution in [1.82, 2.24) is 4.90 Å². The summed E-state index contributed by atoms with van der Waals surface area (Å²) < 4.78 is 10.6. The summed E-state index contributed by atoms with van der Waals surface area (Å²) in [6.45, 7) is 3.26. The van der Waals surface area contributed by atoms with Crippen molar-refractivity contribution in [2.45, 2.75) is 51.6 Å². The molecule has 0 spiro atoms. The first-order valence-electron chi connectivity index (χ1n) is 8.86. The number of nitrogens with two attached hydrogens (primary N) is 1. The largest absolute Gasteiger partial charge is 0.493 e. The monoisotopic (exact) mass is 334 g/mol. The van der Waals surface area contributed by atoms with Crippen molar-refractivity contribution in [2.24, 2.45) is 11.7 Å². The molecule has 1 aliphatic carbocycles. The van der Waals surface area contributed by atoms with Crippen LogP contribution in [0.4, 0.5) is 0 Å². The quantitative estimate of drug-likeness (QED) is 0.812. The van der Waals surface area contributed by atoms with E-state index < -0.39 is 0 Å². The molecular formula is C19H30N2O3. The molecular weight excluding hydrogens is 304 g/mol. The molecule has 0 aromatic heterocycles. The van der Waals surface area contributed by atoms with Gasteiger partial charge in [-0.25, -0.2) is 0 Å². The summed E-state index contributed by atoms with van der Waals surface area (Å²) in [5.41, 5.74) is 7.30. The van der Waals surface area contributed by atoms with Crippen LogP contribution >= 0.6 is 0 Å². The predicted octanol–water partition coefficient (Wildman–Crippen LogP) is 2.96. The average Bonchev–Trinajstić information content (AvgIpc) is 2.83. The fourth-order valence-corrected chi connectivity index (χ4v) is 3.42. The number of methoxy groups -OCH3 is 2. The summed E-state index contributed by atoms with van der Waals surface area (Å²) in [5.74, 6) is 1.51. The van der Waals surface area contributed by atoms with Crippen molar-refractivity contribution < 1.29 is 14.3 Å². The van der Waals surface area contributed by atoms with Crippen LogP contribution < -0.4 is 15.2 Å². The topological polar surface area (TPSA) is 64.8 Å². The van der Waals surface area contributed by atoms with Gasteiger partial charge in [-0.15, -0.1) is 0 Å². The lowest BCUT2D eigenvalue weighted by atomic mass is 9.93. The second-order valence-electron chi connectivity index (χ2n) is 6.45. The van der Waals surface area contributed by atoms with Crippen LogP contribution in [0.25, 0.3) is 0 Å². The highest BCUT2D eigenvalue weighted by molar-refractivity contribution is 5.79. The number of amides is 1. The first-order valence-corrected chi connectivity index (χ1v) is 8.86. The Bertz CT molecular complexity index is 547. The number of benzene rings is 1. The van der Waals surface area contributed by atoms with Crippen molar-refractivity contribution in [2.75, 3.05) is 20.8 Å². The summed E-state index contributed by atoms with van der Waals surface area (Å²) in [4.78, 5) is 14.9. The highest BCUT2D eigenvalue weighted by Crippen LogP contribution is 2.29. The molecule has 0 bridgehead atoms. The summed E-state index contributed by atoms with van der Waals surface area (Å²) in [7, 11) is 3.24. The molecule has 1 aromatic rings. The Morgan fingerprint density at radius 3 is 2.54 bits per heavy atom. The molecule has 24 heavy (non-hydrogen) atoms. The summed E-state index contributed by atoms with van der Waals surface area (Å²) in [6, 6.07) is 5.77. The van der Waals surface area contributed by atoms with Gasteiger partial charge < -0.3 is 20.1 Å². The number of rotatable bonds is 6. The van der Waals surface area contributed by atoms with E-state index in [1.807, 2.05) is 30.0 Å². The van der Waals surface area contributed by atoms with Gasteiger partial charge in [-0.3, -0.25) is 4.79 Å². The number of carbonyl (C=O) groups is 1. The minimum Gasteiger partial charge on any atom is -0.493 e. The second kappa shape index (κ2) is 8.92. The predicted molar refractivity (Wildman–Crippen MR) is 95.2 cm³/mol. The van der Waals surface area contributed by atoms with Crippen LogP contribution in [0.2, 0.25) is 0 Å². The van der Waals surface area contributed by atoms with Crippen molar-refractivity contribution in [3.8, 4) is 11.5 Å². The van der Waals surface area contributed by atoms with Gasteiger partial charge in [-0.2, -0.15) is 0 Å². The maximum Gasteiger partial charge on any atom is 0.227 e. The van der Waals surface area contributed by atoms with Crippen molar-refractivity contribution in [3.63, 3.8) is 0 Å². The molecule has 2 rings (SSSR count). The Morgan fingerprint density at radius 1 is 1.17 bits per heavy atom. The van der Waals surface area contributed by atoms with Crippen LogP contribution in [0.1, 0.15) is 44.6 Å². The van der Waals surface area contributed by atoms with Gasteiger partial charge in [-0.1, -0.05) is 25.3 Å². The van der Waals surface area contributed by atoms with E-state index >= 15 is 0 Å². The molecule has 0 saturated heterocycles. The first kappa shape index (κ1) is 18.6. The van der Waals surface area contributed by atoms with E-state index in [1.54, 1.807) is 14.2 Å². The molecule has 2 N–H and O–H groups in total. The third-order valence-electron chi connectivity index (χ3n) is 4.90. The zero-order valence-corrected chi connectivity index (χ0v) is 15.1. The van der Waals surface area contributed by atoms with E-state index in [0.29, 0.717) is 24.6 Å². The zero-order valence-electron chi connectivity index (χ0n) is 15.1. The van der Waals surface area contributed by atoms with Gasteiger partial charge in [0.1, 0.15) is 0 Å². The summed E-state index contributed by atoms with van der Waals surface area (Å²) in [6.07, 6.45) is 5.26. The second-order valence-corrected chi connectivity index (χ2v) is 6.45. The minimum absolute atomic E-state index is 0.0144. The molecule has 0 aliphatic heterocycles. The fraction of sp³-hybridized carbons (Fsp3) is 0.632. The smallest absolute Gasteiger partial charge is 0.227 e. The molecule has 5 nitrogen and oxygen atoms in total. The van der Waals surface area contributed by atoms with Gasteiger partial charge in [-0.05, 0) is 37.5 Å². The molecule has 0 unspecified atom stereocenters. The Labute approximate surface area is 145 Å². The number of carbonyl (C=O) groups excluding carboxylic acids is 1. The van der Waals surface area contributed by atoms with Gasteiger partial charge in [0.25, 0.3) is 0 Å². The Morgan fingerprint density at radius 2 is 1.88 bits per heavy atom. The summed E-state index contributed by atoms with van der Waals surface area (Å²) in [5, 5.41) is 0. The highest BCUT2D eigenvalue weighted by atomic mass is 16.5. The van der Waals surface area contributed by atoms with Crippen molar-refractivity contribution in [3.05, 3.63) is 23.8 Å². The third-order valence-corrected chi connectivity index (χ3v) is 4.90. The standard InChI is InChI=1S/C19H30N2O3/c1-4-21(19(22)15-8-6-5-7-9-16(15)20)13-14-10-11-17(23-2)18(12-14)24-3/h10-12,15-16H,4-9,13,20H2,1-3H3/t15-,16+/m0/s1. The van der Waals surface area contributed by atoms with E-state index in [4.69, 9.17) is 15.2 Å². The maximum atomic E-state index is 13.0. The van der Waals surface area contributed by atoms with Gasteiger partial charge in [0.2, 0.25) is 5.91 Å². The van der Waals surface area contributed by atoms with Gasteiger partial charge in [0, 0.05) is 19.1 Å². The molecule has 5 heteroatoms. The Balaban J connectivity index is 2.12. The van der Waals surface area contributed by atoms with Gasteiger partial charge in [0.05, 0.1) is 20.1 Å². The van der Waals surface area contributed by atoms with Crippen LogP contribution in [0, 0.1) is 5.92 Å². The SMILES string of the molecule is CCN(Cc1ccc(OC)c(OC)c1)C(=O)[C@H]1CCCCC[C@H]1N. The normalized spacial score (nSPS) is 21.0. The van der Waals surface area contributed by atoms with Gasteiger partial charge >= 0.3 is 0 Å². The Kier molecular flexibility index (Phi) is 6.91. The van der Waals surface area contributed by atoms with E-state index in [1.165, 1.54) is 6.42 Å². The lowest BCUT2D eigenvalue weighted by molar-refractivity contribution is -0.136. The number of ether oxygens (including phenoxy) is 2. The molecule has 1 aromatic carbocycles.